The average Bonchev–Trinajstić information content (AvgIpc) is 3.35. The lowest BCUT2D eigenvalue weighted by molar-refractivity contribution is -0.166. The number of nitrogens with one attached hydrogen (secondary N) is 1. The number of rotatable bonds is 7. The number of halogens is 1. The van der Waals surface area contributed by atoms with E-state index in [-0.39, 0.29) is 36.2 Å². The Kier molecular flexibility index (Phi) is 6.72. The average molecular weight is 556 g/mol. The molecule has 4 aromatic rings. The number of methoxy groups -OCH3 is 1. The summed E-state index contributed by atoms with van der Waals surface area (Å²) in [6.45, 7) is 6.43. The summed E-state index contributed by atoms with van der Waals surface area (Å²) >= 11 is 0. The molecule has 3 aromatic carbocycles. The summed E-state index contributed by atoms with van der Waals surface area (Å²) in [5.74, 6) is 0.514. The van der Waals surface area contributed by atoms with E-state index in [2.05, 4.69) is 11.1 Å². The second-order valence-electron chi connectivity index (χ2n) is 11.3. The predicted molar refractivity (Wildman–Crippen MR) is 155 cm³/mol. The van der Waals surface area contributed by atoms with Crippen LogP contribution in [0.3, 0.4) is 0 Å². The Balaban J connectivity index is 1.43. The lowest BCUT2D eigenvalue weighted by atomic mass is 9.76. The number of nitrogens with zero attached hydrogens (tertiary/aromatic N) is 2. The largest absolute Gasteiger partial charge is 0.493 e. The van der Waals surface area contributed by atoms with Crippen LogP contribution in [0.15, 0.2) is 66.7 Å². The van der Waals surface area contributed by atoms with Gasteiger partial charge >= 0.3 is 0 Å². The van der Waals surface area contributed by atoms with Crippen LogP contribution >= 0.6 is 0 Å². The third-order valence-electron chi connectivity index (χ3n) is 8.33. The number of piperazine rings is 1. The molecule has 212 valence electrons. The van der Waals surface area contributed by atoms with Gasteiger partial charge in [0.1, 0.15) is 5.82 Å². The van der Waals surface area contributed by atoms with Crippen molar-refractivity contribution >= 4 is 22.7 Å². The van der Waals surface area contributed by atoms with Gasteiger partial charge < -0.3 is 24.3 Å². The summed E-state index contributed by atoms with van der Waals surface area (Å²) in [7, 11) is 1.62. The number of hydrogen-bond acceptors (Lipinski definition) is 4. The number of carbonyl (C=O) groups excluding carboxylic acids is 2. The van der Waals surface area contributed by atoms with E-state index in [9.17, 15) is 14.0 Å². The summed E-state index contributed by atoms with van der Waals surface area (Å²) in [5, 5.41) is 1.02. The second kappa shape index (κ2) is 10.3. The molecule has 3 heterocycles. The molecule has 0 radical (unpaired) electrons. The van der Waals surface area contributed by atoms with Crippen molar-refractivity contribution in [3.05, 3.63) is 94.9 Å². The Bertz CT molecular complexity index is 1650. The molecule has 7 nitrogen and oxygen atoms in total. The van der Waals surface area contributed by atoms with Crippen LogP contribution in [0.1, 0.15) is 49.1 Å². The van der Waals surface area contributed by atoms with Gasteiger partial charge in [-0.05, 0) is 74.2 Å². The lowest BCUT2D eigenvalue weighted by Crippen LogP contribution is -2.67. The first-order chi connectivity index (χ1) is 19.7. The molecule has 6 rings (SSSR count). The van der Waals surface area contributed by atoms with Crippen molar-refractivity contribution in [1.29, 1.82) is 0 Å². The second-order valence-corrected chi connectivity index (χ2v) is 11.3. The van der Waals surface area contributed by atoms with Crippen molar-refractivity contribution in [3.63, 3.8) is 0 Å². The Morgan fingerprint density at radius 1 is 1.05 bits per heavy atom. The maximum Gasteiger partial charge on any atom is 0.254 e. The van der Waals surface area contributed by atoms with Gasteiger partial charge in [-0.25, -0.2) is 4.39 Å². The van der Waals surface area contributed by atoms with E-state index in [1.165, 1.54) is 12.1 Å². The van der Waals surface area contributed by atoms with Gasteiger partial charge in [0.25, 0.3) is 5.91 Å². The molecule has 2 amide bonds. The van der Waals surface area contributed by atoms with Crippen molar-refractivity contribution < 1.29 is 23.5 Å². The molecule has 2 unspecified atom stereocenters. The van der Waals surface area contributed by atoms with E-state index in [0.717, 1.165) is 33.3 Å². The number of ether oxygens (including phenoxy) is 2. The fraction of sp³-hybridized carbons (Fsp3) is 0.333. The zero-order chi connectivity index (χ0) is 28.9. The van der Waals surface area contributed by atoms with Crippen LogP contribution in [-0.4, -0.2) is 59.4 Å². The maximum atomic E-state index is 14.2. The number of carbonyl (C=O) groups is 2. The molecule has 1 fully saturated rings. The number of hydrogen-bond donors (Lipinski definition) is 1. The van der Waals surface area contributed by atoms with Crippen LogP contribution in [0, 0.1) is 5.82 Å². The van der Waals surface area contributed by atoms with E-state index >= 15 is 0 Å². The van der Waals surface area contributed by atoms with E-state index in [1.54, 1.807) is 23.0 Å². The van der Waals surface area contributed by atoms with Crippen LogP contribution in [0.5, 0.6) is 11.5 Å². The summed E-state index contributed by atoms with van der Waals surface area (Å²) < 4.78 is 25.4. The molecule has 0 saturated carbocycles. The highest BCUT2D eigenvalue weighted by Crippen LogP contribution is 2.49. The third kappa shape index (κ3) is 4.51. The molecule has 1 saturated heterocycles. The van der Waals surface area contributed by atoms with Gasteiger partial charge in [-0.3, -0.25) is 9.59 Å². The Morgan fingerprint density at radius 3 is 2.61 bits per heavy atom. The number of para-hydroxylation sites is 1. The van der Waals surface area contributed by atoms with Gasteiger partial charge in [0.05, 0.1) is 25.5 Å². The molecule has 0 spiro atoms. The molecule has 0 aliphatic carbocycles. The van der Waals surface area contributed by atoms with Crippen molar-refractivity contribution in [2.45, 2.75) is 44.8 Å². The Labute approximate surface area is 238 Å². The summed E-state index contributed by atoms with van der Waals surface area (Å²) in [6.07, 6.45) is 0.450. The van der Waals surface area contributed by atoms with Gasteiger partial charge in [-0.15, -0.1) is 0 Å². The number of amides is 2. The minimum atomic E-state index is -1.20. The Hall–Kier alpha value is -4.33. The van der Waals surface area contributed by atoms with E-state index in [1.807, 2.05) is 63.2 Å². The molecule has 8 heteroatoms. The normalized spacial score (nSPS) is 20.4. The predicted octanol–water partition coefficient (Wildman–Crippen LogP) is 5.38. The molecule has 41 heavy (non-hydrogen) atoms. The highest BCUT2D eigenvalue weighted by Gasteiger charge is 2.56. The van der Waals surface area contributed by atoms with Crippen LogP contribution in [-0.2, 0) is 21.5 Å². The molecule has 2 atom stereocenters. The first-order valence-electron chi connectivity index (χ1n) is 14.0. The van der Waals surface area contributed by atoms with Gasteiger partial charge in [-0.1, -0.05) is 36.4 Å². The molecule has 1 aromatic heterocycles. The smallest absolute Gasteiger partial charge is 0.254 e. The van der Waals surface area contributed by atoms with Crippen LogP contribution in [0.4, 0.5) is 4.39 Å². The number of H-pyrrole nitrogens is 1. The molecule has 1 N–H and O–H groups in total. The van der Waals surface area contributed by atoms with Crippen molar-refractivity contribution in [2.75, 3.05) is 26.7 Å². The van der Waals surface area contributed by atoms with Gasteiger partial charge in [0.2, 0.25) is 5.91 Å². The molecular formula is C33H34FN3O4. The van der Waals surface area contributed by atoms with Crippen molar-refractivity contribution in [2.24, 2.45) is 0 Å². The number of aromatic amines is 1. The highest BCUT2D eigenvalue weighted by atomic mass is 19.1. The van der Waals surface area contributed by atoms with Crippen molar-refractivity contribution in [1.82, 2.24) is 14.8 Å². The topological polar surface area (TPSA) is 74.9 Å². The molecular weight excluding hydrogens is 521 g/mol. The molecule has 2 aliphatic rings. The number of aromatic nitrogens is 1. The minimum Gasteiger partial charge on any atom is -0.493 e. The summed E-state index contributed by atoms with van der Waals surface area (Å²) in [6, 6.07) is 20.3. The lowest BCUT2D eigenvalue weighted by Gasteiger charge is -2.51. The standard InChI is InChI=1S/C33H34FN3O4/c1-20(2)41-27-13-12-22(17-28(27)40-4)25-18-37-29(38)19-36(15-14-21-8-7-9-23(34)16-21)32(39)33(37,3)31-30(25)24-10-5-6-11-26(24)35-31/h5-13,16-17,20,25,35H,14-15,18-19H2,1-4H3. The summed E-state index contributed by atoms with van der Waals surface area (Å²) in [4.78, 5) is 34.9. The van der Waals surface area contributed by atoms with E-state index < -0.39 is 5.54 Å². The van der Waals surface area contributed by atoms with Gasteiger partial charge in [0, 0.05) is 29.9 Å². The van der Waals surface area contributed by atoms with E-state index in [4.69, 9.17) is 9.47 Å². The first kappa shape index (κ1) is 26.9. The third-order valence-corrected chi connectivity index (χ3v) is 8.33. The fourth-order valence-corrected chi connectivity index (χ4v) is 6.36. The van der Waals surface area contributed by atoms with Crippen LogP contribution in [0.25, 0.3) is 10.9 Å². The minimum absolute atomic E-state index is 0.00815. The SMILES string of the molecule is COc1cc(C2CN3C(=O)CN(CCc4cccc(F)c4)C(=O)C3(C)c3[nH]c4ccccc4c32)ccc1OC(C)C. The first-order valence-corrected chi connectivity index (χ1v) is 14.0. The fourth-order valence-electron chi connectivity index (χ4n) is 6.36. The molecule has 0 bridgehead atoms. The van der Waals surface area contributed by atoms with Crippen LogP contribution < -0.4 is 9.47 Å². The monoisotopic (exact) mass is 555 g/mol. The molecule has 2 aliphatic heterocycles. The zero-order valence-electron chi connectivity index (χ0n) is 23.7. The Morgan fingerprint density at radius 2 is 1.85 bits per heavy atom. The maximum absolute atomic E-state index is 14.2. The van der Waals surface area contributed by atoms with E-state index in [0.29, 0.717) is 31.0 Å². The van der Waals surface area contributed by atoms with Crippen molar-refractivity contribution in [3.8, 4) is 11.5 Å². The number of benzene rings is 3. The van der Waals surface area contributed by atoms with Gasteiger partial charge in [0.15, 0.2) is 17.0 Å². The van der Waals surface area contributed by atoms with Crippen LogP contribution in [0.2, 0.25) is 0 Å². The number of fused-ring (bicyclic) bond motifs is 5. The highest BCUT2D eigenvalue weighted by molar-refractivity contribution is 6.01. The summed E-state index contributed by atoms with van der Waals surface area (Å²) in [5.41, 5.74) is 3.20. The quantitative estimate of drug-likeness (QED) is 0.333. The zero-order valence-corrected chi connectivity index (χ0v) is 23.7. The van der Waals surface area contributed by atoms with Gasteiger partial charge in [-0.2, -0.15) is 0 Å².